The highest BCUT2D eigenvalue weighted by Crippen LogP contribution is 2.29. The van der Waals surface area contributed by atoms with Gasteiger partial charge in [0.05, 0.1) is 18.0 Å². The Hall–Kier alpha value is -4.40. The van der Waals surface area contributed by atoms with Crippen LogP contribution in [0.2, 0.25) is 0 Å². The fourth-order valence-corrected chi connectivity index (χ4v) is 4.62. The lowest BCUT2D eigenvalue weighted by atomic mass is 9.93. The molecule has 2 aromatic heterocycles. The fourth-order valence-electron chi connectivity index (χ4n) is 4.62. The van der Waals surface area contributed by atoms with Gasteiger partial charge in [-0.3, -0.25) is 30.4 Å². The molecule has 3 aromatic rings. The van der Waals surface area contributed by atoms with E-state index in [0.717, 1.165) is 49.0 Å². The van der Waals surface area contributed by atoms with Gasteiger partial charge in [0.2, 0.25) is 5.91 Å². The molecule has 2 amide bonds. The van der Waals surface area contributed by atoms with Crippen molar-refractivity contribution in [1.29, 1.82) is 10.8 Å². The van der Waals surface area contributed by atoms with Crippen LogP contribution < -0.4 is 5.32 Å². The number of nitrogens with zero attached hydrogens (tertiary/aromatic N) is 4. The number of hydrogen-bond donors (Lipinski definition) is 3. The Morgan fingerprint density at radius 2 is 1.95 bits per heavy atom. The van der Waals surface area contributed by atoms with Crippen molar-refractivity contribution >= 4 is 29.7 Å². The molecule has 0 radical (unpaired) electrons. The van der Waals surface area contributed by atoms with Gasteiger partial charge in [-0.1, -0.05) is 18.2 Å². The number of likely N-dealkylation sites (tertiary alicyclic amines) is 1. The number of amidine groups is 1. The molecule has 5 rings (SSSR count). The second-order valence-corrected chi connectivity index (χ2v) is 9.51. The van der Waals surface area contributed by atoms with E-state index in [0.29, 0.717) is 11.3 Å². The normalized spacial score (nSPS) is 17.3. The summed E-state index contributed by atoms with van der Waals surface area (Å²) in [6, 6.07) is 14.6. The van der Waals surface area contributed by atoms with Gasteiger partial charge in [-0.25, -0.2) is 0 Å². The third-order valence-corrected chi connectivity index (χ3v) is 6.86. The molecule has 1 saturated heterocycles. The minimum Gasteiger partial charge on any atom is -0.345 e. The molecule has 2 fully saturated rings. The summed E-state index contributed by atoms with van der Waals surface area (Å²) < 4.78 is 0. The lowest BCUT2D eigenvalue weighted by molar-refractivity contribution is -0.133. The van der Waals surface area contributed by atoms with Gasteiger partial charge >= 0.3 is 0 Å². The van der Waals surface area contributed by atoms with E-state index in [1.54, 1.807) is 52.5 Å². The van der Waals surface area contributed by atoms with Crippen molar-refractivity contribution in [2.45, 2.75) is 37.6 Å². The average molecular weight is 496 g/mol. The van der Waals surface area contributed by atoms with Crippen LogP contribution in [0.1, 0.15) is 53.3 Å². The molecule has 9 heteroatoms. The zero-order chi connectivity index (χ0) is 25.9. The summed E-state index contributed by atoms with van der Waals surface area (Å²) in [5.41, 5.74) is 3.83. The van der Waals surface area contributed by atoms with Gasteiger partial charge in [0.25, 0.3) is 5.91 Å². The Morgan fingerprint density at radius 1 is 1.11 bits per heavy atom. The third-order valence-electron chi connectivity index (χ3n) is 6.86. The van der Waals surface area contributed by atoms with Crippen molar-refractivity contribution in [2.75, 3.05) is 18.9 Å². The average Bonchev–Trinajstić information content (AvgIpc) is 3.76. The van der Waals surface area contributed by atoms with Gasteiger partial charge in [-0.05, 0) is 61.6 Å². The Bertz CT molecular complexity index is 1350. The highest BCUT2D eigenvalue weighted by atomic mass is 16.2. The number of nitrogens with one attached hydrogen (secondary N) is 3. The van der Waals surface area contributed by atoms with Gasteiger partial charge in [-0.2, -0.15) is 0 Å². The summed E-state index contributed by atoms with van der Waals surface area (Å²) in [6.07, 6.45) is 8.22. The van der Waals surface area contributed by atoms with E-state index in [9.17, 15) is 9.59 Å². The van der Waals surface area contributed by atoms with Gasteiger partial charge in [0.15, 0.2) is 0 Å². The van der Waals surface area contributed by atoms with Gasteiger partial charge < -0.3 is 15.1 Å². The minimum absolute atomic E-state index is 0.103. The quantitative estimate of drug-likeness (QED) is 0.336. The number of pyridine rings is 2. The molecular formula is C28H29N7O2. The predicted octanol–water partition coefficient (Wildman–Crippen LogP) is 4.13. The van der Waals surface area contributed by atoms with Crippen molar-refractivity contribution in [1.82, 2.24) is 19.8 Å². The zero-order valence-electron chi connectivity index (χ0n) is 20.6. The molecule has 9 nitrogen and oxygen atoms in total. The molecular weight excluding hydrogens is 466 g/mol. The second-order valence-electron chi connectivity index (χ2n) is 9.51. The lowest BCUT2D eigenvalue weighted by Gasteiger charge is -2.28. The number of carbonyl (C=O) groups is 2. The summed E-state index contributed by atoms with van der Waals surface area (Å²) >= 11 is 0. The SMILES string of the molecule is CN1CCCC(c2ccc(-c3ccnc(C(=O)Nc4cccc(C(=N)N(C=N)C5CC5)c4)c3)cn2)C1=O. The van der Waals surface area contributed by atoms with Crippen molar-refractivity contribution in [3.05, 3.63) is 77.9 Å². The molecule has 3 heterocycles. The molecule has 1 atom stereocenters. The Labute approximate surface area is 215 Å². The van der Waals surface area contributed by atoms with Crippen molar-refractivity contribution in [3.63, 3.8) is 0 Å². The second kappa shape index (κ2) is 10.3. The monoisotopic (exact) mass is 495 g/mol. The first-order chi connectivity index (χ1) is 17.9. The number of piperidine rings is 1. The Kier molecular flexibility index (Phi) is 6.76. The maximum atomic E-state index is 13.0. The van der Waals surface area contributed by atoms with Crippen LogP contribution in [-0.2, 0) is 4.79 Å². The third kappa shape index (κ3) is 5.25. The minimum atomic E-state index is -0.364. The molecule has 37 heavy (non-hydrogen) atoms. The van der Waals surface area contributed by atoms with Crippen molar-refractivity contribution in [2.24, 2.45) is 0 Å². The molecule has 1 aromatic carbocycles. The maximum Gasteiger partial charge on any atom is 0.274 e. The number of rotatable bonds is 7. The molecule has 0 bridgehead atoms. The van der Waals surface area contributed by atoms with E-state index in [2.05, 4.69) is 15.3 Å². The molecule has 0 spiro atoms. The van der Waals surface area contributed by atoms with E-state index < -0.39 is 0 Å². The van der Waals surface area contributed by atoms with Gasteiger partial charge in [0, 0.05) is 48.8 Å². The highest BCUT2D eigenvalue weighted by Gasteiger charge is 2.30. The standard InChI is InChI=1S/C28H29N7O2/c1-34-13-3-6-23(28(34)37)24-10-7-20(16-32-24)18-11-12-31-25(15-18)27(36)33-21-5-2-4-19(14-21)26(30)35(17-29)22-8-9-22/h2,4-5,7,10-12,14-17,22-23,29-30H,3,6,8-9,13H2,1H3,(H,33,36). The first kappa shape index (κ1) is 24.3. The summed E-state index contributed by atoms with van der Waals surface area (Å²) in [4.78, 5) is 37.7. The number of amides is 2. The fraction of sp³-hybridized carbons (Fsp3) is 0.286. The summed E-state index contributed by atoms with van der Waals surface area (Å²) in [5.74, 6) is -0.228. The van der Waals surface area contributed by atoms with Crippen LogP contribution in [-0.4, -0.2) is 63.4 Å². The molecule has 3 N–H and O–H groups in total. The highest BCUT2D eigenvalue weighted by molar-refractivity contribution is 6.06. The van der Waals surface area contributed by atoms with E-state index in [1.165, 1.54) is 6.34 Å². The van der Waals surface area contributed by atoms with Crippen molar-refractivity contribution < 1.29 is 9.59 Å². The topological polar surface area (TPSA) is 126 Å². The summed E-state index contributed by atoms with van der Waals surface area (Å²) in [6.45, 7) is 0.783. The number of anilines is 1. The lowest BCUT2D eigenvalue weighted by Crippen LogP contribution is -2.37. The zero-order valence-corrected chi connectivity index (χ0v) is 20.6. The predicted molar refractivity (Wildman–Crippen MR) is 142 cm³/mol. The number of aromatic nitrogens is 2. The molecule has 2 aliphatic rings. The van der Waals surface area contributed by atoms with E-state index in [1.807, 2.05) is 25.2 Å². The largest absolute Gasteiger partial charge is 0.345 e. The van der Waals surface area contributed by atoms with Crippen LogP contribution in [0.25, 0.3) is 11.1 Å². The molecule has 1 aliphatic carbocycles. The first-order valence-electron chi connectivity index (χ1n) is 12.4. The van der Waals surface area contributed by atoms with Crippen LogP contribution >= 0.6 is 0 Å². The molecule has 1 aliphatic heterocycles. The Balaban J connectivity index is 1.29. The smallest absolute Gasteiger partial charge is 0.274 e. The summed E-state index contributed by atoms with van der Waals surface area (Å²) in [7, 11) is 1.83. The number of likely N-dealkylation sites (N-methyl/N-ethyl adjacent to an activating group) is 1. The summed E-state index contributed by atoms with van der Waals surface area (Å²) in [5, 5.41) is 18.9. The van der Waals surface area contributed by atoms with Crippen molar-refractivity contribution in [3.8, 4) is 11.1 Å². The Morgan fingerprint density at radius 3 is 2.68 bits per heavy atom. The van der Waals surface area contributed by atoms with Gasteiger partial charge in [0.1, 0.15) is 11.5 Å². The van der Waals surface area contributed by atoms with Gasteiger partial charge in [-0.15, -0.1) is 0 Å². The van der Waals surface area contributed by atoms with Crippen LogP contribution in [0.5, 0.6) is 0 Å². The number of benzene rings is 1. The van der Waals surface area contributed by atoms with Crippen LogP contribution in [0.15, 0.2) is 60.9 Å². The molecule has 1 unspecified atom stereocenters. The number of carbonyl (C=O) groups excluding carboxylic acids is 2. The number of hydrogen-bond acceptors (Lipinski definition) is 6. The van der Waals surface area contributed by atoms with Crippen LogP contribution in [0, 0.1) is 10.8 Å². The molecule has 188 valence electrons. The van der Waals surface area contributed by atoms with E-state index in [4.69, 9.17) is 10.8 Å². The first-order valence-corrected chi connectivity index (χ1v) is 12.4. The maximum absolute atomic E-state index is 13.0. The van der Waals surface area contributed by atoms with E-state index >= 15 is 0 Å². The van der Waals surface area contributed by atoms with Crippen LogP contribution in [0.4, 0.5) is 5.69 Å². The van der Waals surface area contributed by atoms with Crippen LogP contribution in [0.3, 0.4) is 0 Å². The molecule has 1 saturated carbocycles. The van der Waals surface area contributed by atoms with E-state index in [-0.39, 0.29) is 35.3 Å².